The monoisotopic (exact) mass is 354 g/mol. The Balaban J connectivity index is 2.13. The lowest BCUT2D eigenvalue weighted by molar-refractivity contribution is -0.125. The number of benzene rings is 1. The van der Waals surface area contributed by atoms with Crippen molar-refractivity contribution in [1.82, 2.24) is 0 Å². The van der Waals surface area contributed by atoms with E-state index in [1.807, 2.05) is 18.2 Å². The van der Waals surface area contributed by atoms with Crippen LogP contribution in [-0.2, 0) is 4.79 Å². The van der Waals surface area contributed by atoms with E-state index in [0.29, 0.717) is 6.54 Å². The summed E-state index contributed by atoms with van der Waals surface area (Å²) in [6.07, 6.45) is 6.32. The predicted octanol–water partition coefficient (Wildman–Crippen LogP) is 3.70. The van der Waals surface area contributed by atoms with E-state index in [4.69, 9.17) is 10.5 Å². The average molecular weight is 355 g/mol. The first kappa shape index (κ1) is 16.3. The van der Waals surface area contributed by atoms with Crippen molar-refractivity contribution in [3.63, 3.8) is 0 Å². The zero-order valence-electron chi connectivity index (χ0n) is 12.5. The highest BCUT2D eigenvalue weighted by Gasteiger charge is 2.37. The van der Waals surface area contributed by atoms with Gasteiger partial charge in [-0.3, -0.25) is 4.79 Å². The van der Waals surface area contributed by atoms with Crippen LogP contribution in [0.15, 0.2) is 22.7 Å². The van der Waals surface area contributed by atoms with Crippen LogP contribution in [0.3, 0.4) is 0 Å². The van der Waals surface area contributed by atoms with E-state index < -0.39 is 5.41 Å². The van der Waals surface area contributed by atoms with Crippen molar-refractivity contribution in [3.05, 3.63) is 22.7 Å². The molecule has 5 heteroatoms. The van der Waals surface area contributed by atoms with Crippen LogP contribution in [0.1, 0.15) is 38.5 Å². The molecule has 0 bridgehead atoms. The fourth-order valence-electron chi connectivity index (χ4n) is 2.94. The van der Waals surface area contributed by atoms with E-state index in [0.717, 1.165) is 41.6 Å². The molecule has 0 spiro atoms. The normalized spacial score (nSPS) is 17.9. The van der Waals surface area contributed by atoms with E-state index in [9.17, 15) is 4.79 Å². The van der Waals surface area contributed by atoms with Crippen LogP contribution < -0.4 is 15.8 Å². The molecule has 1 aliphatic rings. The number of carbonyl (C=O) groups excluding carboxylic acids is 1. The molecule has 1 fully saturated rings. The minimum atomic E-state index is -0.414. The Kier molecular flexibility index (Phi) is 5.65. The van der Waals surface area contributed by atoms with Crippen molar-refractivity contribution in [2.45, 2.75) is 38.5 Å². The number of hydrogen-bond donors (Lipinski definition) is 2. The molecule has 4 nitrogen and oxygen atoms in total. The van der Waals surface area contributed by atoms with Gasteiger partial charge < -0.3 is 15.8 Å². The summed E-state index contributed by atoms with van der Waals surface area (Å²) in [5.41, 5.74) is 6.30. The van der Waals surface area contributed by atoms with Crippen LogP contribution in [0.25, 0.3) is 0 Å². The maximum atomic E-state index is 12.7. The summed E-state index contributed by atoms with van der Waals surface area (Å²) in [6.45, 7) is 0.413. The van der Waals surface area contributed by atoms with Gasteiger partial charge in [0.2, 0.25) is 5.91 Å². The predicted molar refractivity (Wildman–Crippen MR) is 88.5 cm³/mol. The van der Waals surface area contributed by atoms with Crippen LogP contribution in [0, 0.1) is 5.41 Å². The van der Waals surface area contributed by atoms with Gasteiger partial charge in [-0.15, -0.1) is 0 Å². The second kappa shape index (κ2) is 7.27. The van der Waals surface area contributed by atoms with Crippen molar-refractivity contribution in [2.75, 3.05) is 19.0 Å². The minimum absolute atomic E-state index is 0.0453. The molecular weight excluding hydrogens is 332 g/mol. The van der Waals surface area contributed by atoms with Gasteiger partial charge in [-0.25, -0.2) is 0 Å². The maximum Gasteiger partial charge on any atom is 0.231 e. The van der Waals surface area contributed by atoms with Crippen LogP contribution in [0.2, 0.25) is 0 Å². The zero-order valence-corrected chi connectivity index (χ0v) is 14.0. The topological polar surface area (TPSA) is 64.3 Å². The molecule has 1 saturated carbocycles. The Labute approximate surface area is 134 Å². The Hall–Kier alpha value is -1.07. The van der Waals surface area contributed by atoms with Crippen LogP contribution >= 0.6 is 15.9 Å². The lowest BCUT2D eigenvalue weighted by atomic mass is 9.79. The number of halogens is 1. The smallest absolute Gasteiger partial charge is 0.231 e. The fourth-order valence-corrected chi connectivity index (χ4v) is 3.48. The maximum absolute atomic E-state index is 12.7. The molecule has 0 atom stereocenters. The van der Waals surface area contributed by atoms with E-state index in [2.05, 4.69) is 21.2 Å². The molecule has 1 aromatic carbocycles. The molecule has 1 aliphatic carbocycles. The van der Waals surface area contributed by atoms with Crippen LogP contribution in [0.4, 0.5) is 5.69 Å². The molecule has 3 N–H and O–H groups in total. The first-order valence-corrected chi connectivity index (χ1v) is 8.26. The van der Waals surface area contributed by atoms with E-state index in [1.54, 1.807) is 7.11 Å². The molecule has 0 saturated heterocycles. The minimum Gasteiger partial charge on any atom is -0.496 e. The van der Waals surface area contributed by atoms with Gasteiger partial charge in [0.1, 0.15) is 5.75 Å². The third-order valence-electron chi connectivity index (χ3n) is 4.34. The summed E-state index contributed by atoms with van der Waals surface area (Å²) in [5.74, 6) is 0.792. The van der Waals surface area contributed by atoms with Gasteiger partial charge in [-0.2, -0.15) is 0 Å². The number of ether oxygens (including phenoxy) is 1. The summed E-state index contributed by atoms with van der Waals surface area (Å²) in [4.78, 5) is 12.7. The highest BCUT2D eigenvalue weighted by Crippen LogP contribution is 2.36. The Bertz CT molecular complexity index is 497. The highest BCUT2D eigenvalue weighted by molar-refractivity contribution is 9.10. The van der Waals surface area contributed by atoms with Crippen molar-refractivity contribution in [2.24, 2.45) is 11.1 Å². The van der Waals surface area contributed by atoms with Crippen molar-refractivity contribution >= 4 is 27.5 Å². The van der Waals surface area contributed by atoms with Gasteiger partial charge in [-0.1, -0.05) is 25.7 Å². The Morgan fingerprint density at radius 2 is 2.00 bits per heavy atom. The molecule has 116 valence electrons. The molecule has 1 aromatic rings. The quantitative estimate of drug-likeness (QED) is 0.810. The molecular formula is C16H23BrN2O2. The molecule has 0 aromatic heterocycles. The highest BCUT2D eigenvalue weighted by atomic mass is 79.9. The number of carbonyl (C=O) groups is 1. The number of nitrogens with two attached hydrogens (primary N) is 1. The number of anilines is 1. The molecule has 21 heavy (non-hydrogen) atoms. The molecule has 1 amide bonds. The first-order valence-electron chi connectivity index (χ1n) is 7.46. The SMILES string of the molecule is COc1ccc(NC(=O)C2(CN)CCCCCC2)cc1Br. The van der Waals surface area contributed by atoms with E-state index in [-0.39, 0.29) is 5.91 Å². The summed E-state index contributed by atoms with van der Waals surface area (Å²) in [6, 6.07) is 5.54. The zero-order chi connectivity index (χ0) is 15.3. The number of nitrogens with one attached hydrogen (secondary N) is 1. The molecule has 0 radical (unpaired) electrons. The average Bonchev–Trinajstić information content (AvgIpc) is 2.74. The Morgan fingerprint density at radius 3 is 2.52 bits per heavy atom. The number of hydrogen-bond acceptors (Lipinski definition) is 3. The summed E-state index contributed by atoms with van der Waals surface area (Å²) in [5, 5.41) is 3.02. The second-order valence-electron chi connectivity index (χ2n) is 5.70. The van der Waals surface area contributed by atoms with Crippen LogP contribution in [-0.4, -0.2) is 19.6 Å². The van der Waals surface area contributed by atoms with Gasteiger partial charge in [0.15, 0.2) is 0 Å². The largest absolute Gasteiger partial charge is 0.496 e. The van der Waals surface area contributed by atoms with Gasteiger partial charge >= 0.3 is 0 Å². The lowest BCUT2D eigenvalue weighted by Gasteiger charge is -2.29. The summed E-state index contributed by atoms with van der Waals surface area (Å²) < 4.78 is 6.02. The van der Waals surface area contributed by atoms with Gasteiger partial charge in [0.25, 0.3) is 0 Å². The number of amides is 1. The molecule has 0 heterocycles. The standard InChI is InChI=1S/C16H23BrN2O2/c1-21-14-7-6-12(10-13(14)17)19-15(20)16(11-18)8-4-2-3-5-9-16/h6-7,10H,2-5,8-9,11,18H2,1H3,(H,19,20). The second-order valence-corrected chi connectivity index (χ2v) is 6.56. The molecule has 2 rings (SSSR count). The third kappa shape index (κ3) is 3.77. The first-order chi connectivity index (χ1) is 10.1. The van der Waals surface area contributed by atoms with Crippen molar-refractivity contribution in [1.29, 1.82) is 0 Å². The van der Waals surface area contributed by atoms with Gasteiger partial charge in [-0.05, 0) is 47.0 Å². The summed E-state index contributed by atoms with van der Waals surface area (Å²) >= 11 is 3.44. The number of rotatable bonds is 4. The van der Waals surface area contributed by atoms with Gasteiger partial charge in [0, 0.05) is 12.2 Å². The van der Waals surface area contributed by atoms with Crippen molar-refractivity contribution < 1.29 is 9.53 Å². The van der Waals surface area contributed by atoms with Gasteiger partial charge in [0.05, 0.1) is 17.0 Å². The molecule has 0 unspecified atom stereocenters. The lowest BCUT2D eigenvalue weighted by Crippen LogP contribution is -2.42. The van der Waals surface area contributed by atoms with Crippen molar-refractivity contribution in [3.8, 4) is 5.75 Å². The third-order valence-corrected chi connectivity index (χ3v) is 4.96. The molecule has 0 aliphatic heterocycles. The Morgan fingerprint density at radius 1 is 1.33 bits per heavy atom. The summed E-state index contributed by atoms with van der Waals surface area (Å²) in [7, 11) is 1.62. The van der Waals surface area contributed by atoms with E-state index in [1.165, 1.54) is 12.8 Å². The fraction of sp³-hybridized carbons (Fsp3) is 0.562. The van der Waals surface area contributed by atoms with Crippen LogP contribution in [0.5, 0.6) is 5.75 Å². The van der Waals surface area contributed by atoms with E-state index >= 15 is 0 Å². The number of methoxy groups -OCH3 is 1.